The minimum absolute atomic E-state index is 0.452. The van der Waals surface area contributed by atoms with E-state index in [2.05, 4.69) is 51.8 Å². The van der Waals surface area contributed by atoms with E-state index in [1.165, 1.54) is 25.7 Å². The molecular formula is C18H35N. The van der Waals surface area contributed by atoms with Crippen molar-refractivity contribution < 1.29 is 0 Å². The highest BCUT2D eigenvalue weighted by Gasteiger charge is 2.12. The van der Waals surface area contributed by atoms with Gasteiger partial charge in [-0.3, -0.25) is 4.99 Å². The molecule has 0 radical (unpaired) electrons. The van der Waals surface area contributed by atoms with Gasteiger partial charge in [-0.1, -0.05) is 52.7 Å². The van der Waals surface area contributed by atoms with Gasteiger partial charge in [0, 0.05) is 6.04 Å². The molecule has 0 aromatic rings. The molecule has 0 aliphatic rings. The minimum atomic E-state index is 0.452. The van der Waals surface area contributed by atoms with Crippen LogP contribution in [0.5, 0.6) is 0 Å². The van der Waals surface area contributed by atoms with Gasteiger partial charge in [-0.15, -0.1) is 0 Å². The molecule has 0 heterocycles. The summed E-state index contributed by atoms with van der Waals surface area (Å²) in [6.07, 6.45) is 13.0. The van der Waals surface area contributed by atoms with Crippen LogP contribution in [0.15, 0.2) is 17.1 Å². The van der Waals surface area contributed by atoms with Crippen molar-refractivity contribution in [2.24, 2.45) is 22.7 Å². The topological polar surface area (TPSA) is 12.4 Å². The third-order valence-corrected chi connectivity index (χ3v) is 4.22. The largest absolute Gasteiger partial charge is 0.295 e. The molecular weight excluding hydrogens is 230 g/mol. The normalized spacial score (nSPS) is 17.4. The van der Waals surface area contributed by atoms with Crippen molar-refractivity contribution in [2.75, 3.05) is 0 Å². The van der Waals surface area contributed by atoms with E-state index < -0.39 is 0 Å². The van der Waals surface area contributed by atoms with Gasteiger partial charge < -0.3 is 0 Å². The van der Waals surface area contributed by atoms with Crippen LogP contribution in [0.4, 0.5) is 0 Å². The summed E-state index contributed by atoms with van der Waals surface area (Å²) in [5.74, 6) is 2.41. The van der Waals surface area contributed by atoms with E-state index in [9.17, 15) is 0 Å². The number of hydrogen-bond acceptors (Lipinski definition) is 1. The molecule has 0 N–H and O–H groups in total. The fourth-order valence-corrected chi connectivity index (χ4v) is 2.95. The Morgan fingerprint density at radius 1 is 1.05 bits per heavy atom. The zero-order valence-electron chi connectivity index (χ0n) is 14.0. The second kappa shape index (κ2) is 11.3. The molecule has 112 valence electrons. The van der Waals surface area contributed by atoms with Gasteiger partial charge in [0.15, 0.2) is 0 Å². The molecule has 0 saturated carbocycles. The van der Waals surface area contributed by atoms with Gasteiger partial charge in [-0.2, -0.15) is 0 Å². The number of hydrogen-bond donors (Lipinski definition) is 0. The van der Waals surface area contributed by atoms with Crippen molar-refractivity contribution in [1.29, 1.82) is 0 Å². The van der Waals surface area contributed by atoms with Gasteiger partial charge in [-0.05, 0) is 57.1 Å². The first-order valence-corrected chi connectivity index (χ1v) is 8.19. The lowest BCUT2D eigenvalue weighted by molar-refractivity contribution is 0.320. The Labute approximate surface area is 121 Å². The van der Waals surface area contributed by atoms with E-state index in [0.29, 0.717) is 12.0 Å². The van der Waals surface area contributed by atoms with Crippen molar-refractivity contribution >= 4 is 6.21 Å². The van der Waals surface area contributed by atoms with Crippen LogP contribution in [0, 0.1) is 17.8 Å². The van der Waals surface area contributed by atoms with Gasteiger partial charge in [0.1, 0.15) is 0 Å². The maximum atomic E-state index is 4.41. The second-order valence-electron chi connectivity index (χ2n) is 6.03. The smallest absolute Gasteiger partial charge is 0.0472 e. The molecule has 0 amide bonds. The first-order valence-electron chi connectivity index (χ1n) is 8.19. The van der Waals surface area contributed by atoms with Crippen LogP contribution in [0.2, 0.25) is 0 Å². The van der Waals surface area contributed by atoms with Crippen LogP contribution in [-0.2, 0) is 0 Å². The number of aliphatic imine (C=N–C) groups is 1. The lowest BCUT2D eigenvalue weighted by Crippen LogP contribution is -2.09. The predicted octanol–water partition coefficient (Wildman–Crippen LogP) is 5.90. The van der Waals surface area contributed by atoms with E-state index in [1.54, 1.807) is 0 Å². The van der Waals surface area contributed by atoms with E-state index in [-0.39, 0.29) is 0 Å². The number of nitrogens with zero attached hydrogens (tertiary/aromatic N) is 1. The zero-order valence-corrected chi connectivity index (χ0v) is 14.0. The zero-order chi connectivity index (χ0) is 14.7. The van der Waals surface area contributed by atoms with Crippen LogP contribution < -0.4 is 0 Å². The molecule has 3 unspecified atom stereocenters. The molecule has 0 rings (SSSR count). The SMILES string of the molecule is CC=NC(C)CC(C)C=CCCC(C)C(CC)CC. The van der Waals surface area contributed by atoms with Crippen LogP contribution in [0.1, 0.15) is 73.6 Å². The summed E-state index contributed by atoms with van der Waals surface area (Å²) in [6.45, 7) is 13.5. The molecule has 0 fully saturated rings. The van der Waals surface area contributed by atoms with Crippen LogP contribution in [-0.4, -0.2) is 12.3 Å². The standard InChI is InChI=1S/C18H35N/c1-7-18(8-2)16(5)13-11-10-12-15(4)14-17(6)19-9-3/h9-10,12,15-18H,7-8,11,13-14H2,1-6H3. The molecule has 0 aliphatic carbocycles. The molecule has 0 aliphatic heterocycles. The summed E-state index contributed by atoms with van der Waals surface area (Å²) in [4.78, 5) is 4.41. The van der Waals surface area contributed by atoms with Gasteiger partial charge in [0.25, 0.3) is 0 Å². The maximum absolute atomic E-state index is 4.41. The van der Waals surface area contributed by atoms with Crippen molar-refractivity contribution in [2.45, 2.75) is 79.7 Å². The average Bonchev–Trinajstić information content (AvgIpc) is 2.36. The van der Waals surface area contributed by atoms with Crippen LogP contribution >= 0.6 is 0 Å². The molecule has 0 aromatic heterocycles. The molecule has 0 bridgehead atoms. The Morgan fingerprint density at radius 2 is 1.68 bits per heavy atom. The van der Waals surface area contributed by atoms with E-state index in [1.807, 2.05) is 13.1 Å². The Hall–Kier alpha value is -0.590. The highest BCUT2D eigenvalue weighted by atomic mass is 14.7. The quantitative estimate of drug-likeness (QED) is 0.344. The Balaban J connectivity index is 3.89. The van der Waals surface area contributed by atoms with E-state index in [0.717, 1.165) is 18.3 Å². The minimum Gasteiger partial charge on any atom is -0.295 e. The molecule has 0 spiro atoms. The van der Waals surface area contributed by atoms with Crippen LogP contribution in [0.25, 0.3) is 0 Å². The molecule has 3 atom stereocenters. The lowest BCUT2D eigenvalue weighted by atomic mass is 9.86. The molecule has 1 nitrogen and oxygen atoms in total. The predicted molar refractivity (Wildman–Crippen MR) is 89.0 cm³/mol. The van der Waals surface area contributed by atoms with Crippen molar-refractivity contribution in [3.63, 3.8) is 0 Å². The summed E-state index contributed by atoms with van der Waals surface area (Å²) >= 11 is 0. The van der Waals surface area contributed by atoms with Crippen molar-refractivity contribution in [1.82, 2.24) is 0 Å². The first-order chi connectivity index (χ1) is 9.04. The monoisotopic (exact) mass is 265 g/mol. The maximum Gasteiger partial charge on any atom is 0.0472 e. The fourth-order valence-electron chi connectivity index (χ4n) is 2.95. The number of allylic oxidation sites excluding steroid dienone is 2. The summed E-state index contributed by atoms with van der Waals surface area (Å²) in [5.41, 5.74) is 0. The molecule has 1 heteroatoms. The Morgan fingerprint density at radius 3 is 2.21 bits per heavy atom. The Bertz CT molecular complexity index is 250. The molecule has 0 saturated heterocycles. The molecule has 0 aromatic carbocycles. The van der Waals surface area contributed by atoms with Gasteiger partial charge in [0.2, 0.25) is 0 Å². The average molecular weight is 265 g/mol. The van der Waals surface area contributed by atoms with E-state index >= 15 is 0 Å². The second-order valence-corrected chi connectivity index (χ2v) is 6.03. The van der Waals surface area contributed by atoms with Gasteiger partial charge in [0.05, 0.1) is 0 Å². The number of rotatable bonds is 10. The van der Waals surface area contributed by atoms with E-state index in [4.69, 9.17) is 0 Å². The van der Waals surface area contributed by atoms with Crippen LogP contribution in [0.3, 0.4) is 0 Å². The lowest BCUT2D eigenvalue weighted by Gasteiger charge is -2.20. The summed E-state index contributed by atoms with van der Waals surface area (Å²) in [7, 11) is 0. The van der Waals surface area contributed by atoms with Gasteiger partial charge >= 0.3 is 0 Å². The van der Waals surface area contributed by atoms with Crippen molar-refractivity contribution in [3.05, 3.63) is 12.2 Å². The summed E-state index contributed by atoms with van der Waals surface area (Å²) < 4.78 is 0. The Kier molecular flexibility index (Phi) is 10.9. The molecule has 19 heavy (non-hydrogen) atoms. The third-order valence-electron chi connectivity index (χ3n) is 4.22. The fraction of sp³-hybridized carbons (Fsp3) is 0.833. The van der Waals surface area contributed by atoms with Crippen molar-refractivity contribution in [3.8, 4) is 0 Å². The first kappa shape index (κ1) is 18.4. The highest BCUT2D eigenvalue weighted by molar-refractivity contribution is 5.53. The summed E-state index contributed by atoms with van der Waals surface area (Å²) in [6, 6.07) is 0.452. The highest BCUT2D eigenvalue weighted by Crippen LogP contribution is 2.23. The summed E-state index contributed by atoms with van der Waals surface area (Å²) in [5, 5.41) is 0. The third kappa shape index (κ3) is 9.02. The van der Waals surface area contributed by atoms with Gasteiger partial charge in [-0.25, -0.2) is 0 Å².